The maximum Gasteiger partial charge on any atom is 0.251 e. The van der Waals surface area contributed by atoms with Crippen molar-refractivity contribution in [2.45, 2.75) is 6.42 Å². The van der Waals surface area contributed by atoms with Crippen LogP contribution in [-0.2, 0) is 4.79 Å². The van der Waals surface area contributed by atoms with Crippen LogP contribution in [0.25, 0.3) is 11.5 Å². The SMILES string of the molecule is O=C(CCNC(=O)c1ccccc1)Nc1nc2cccc(-n3cccn3)n2n1. The van der Waals surface area contributed by atoms with Crippen LogP contribution in [0.5, 0.6) is 0 Å². The van der Waals surface area contributed by atoms with Crippen LogP contribution in [-0.4, -0.2) is 42.7 Å². The summed E-state index contributed by atoms with van der Waals surface area (Å²) in [5.74, 6) is 0.387. The second kappa shape index (κ2) is 7.70. The molecule has 0 spiro atoms. The summed E-state index contributed by atoms with van der Waals surface area (Å²) < 4.78 is 3.26. The highest BCUT2D eigenvalue weighted by atomic mass is 16.2. The van der Waals surface area contributed by atoms with Gasteiger partial charge in [-0.25, -0.2) is 4.68 Å². The van der Waals surface area contributed by atoms with Gasteiger partial charge in [-0.1, -0.05) is 24.3 Å². The number of fused-ring (bicyclic) bond motifs is 1. The predicted molar refractivity (Wildman–Crippen MR) is 102 cm³/mol. The van der Waals surface area contributed by atoms with Crippen LogP contribution < -0.4 is 10.6 Å². The van der Waals surface area contributed by atoms with Crippen LogP contribution in [0.4, 0.5) is 5.95 Å². The molecule has 9 nitrogen and oxygen atoms in total. The Morgan fingerprint density at radius 3 is 2.64 bits per heavy atom. The lowest BCUT2D eigenvalue weighted by molar-refractivity contribution is -0.116. The van der Waals surface area contributed by atoms with Crippen molar-refractivity contribution >= 4 is 23.4 Å². The summed E-state index contributed by atoms with van der Waals surface area (Å²) in [6, 6.07) is 16.1. The summed E-state index contributed by atoms with van der Waals surface area (Å²) in [4.78, 5) is 28.4. The monoisotopic (exact) mass is 375 g/mol. The maximum absolute atomic E-state index is 12.2. The number of carbonyl (C=O) groups excluding carboxylic acids is 2. The first kappa shape index (κ1) is 17.4. The van der Waals surface area contributed by atoms with E-state index in [-0.39, 0.29) is 30.7 Å². The molecular formula is C19H17N7O2. The molecule has 0 aliphatic carbocycles. The zero-order chi connectivity index (χ0) is 19.3. The summed E-state index contributed by atoms with van der Waals surface area (Å²) in [6.45, 7) is 0.214. The first-order chi connectivity index (χ1) is 13.7. The summed E-state index contributed by atoms with van der Waals surface area (Å²) in [5.41, 5.74) is 1.14. The van der Waals surface area contributed by atoms with Gasteiger partial charge in [0.1, 0.15) is 0 Å². The summed E-state index contributed by atoms with van der Waals surface area (Å²) in [5, 5.41) is 13.9. The van der Waals surface area contributed by atoms with Crippen LogP contribution >= 0.6 is 0 Å². The molecule has 0 fully saturated rings. The van der Waals surface area contributed by atoms with E-state index in [1.165, 1.54) is 0 Å². The van der Waals surface area contributed by atoms with Gasteiger partial charge in [-0.3, -0.25) is 14.9 Å². The topological polar surface area (TPSA) is 106 Å². The largest absolute Gasteiger partial charge is 0.352 e. The third kappa shape index (κ3) is 3.73. The van der Waals surface area contributed by atoms with E-state index in [1.807, 2.05) is 24.3 Å². The molecule has 0 aliphatic heterocycles. The standard InChI is InChI=1S/C19H17N7O2/c27-16(10-12-20-18(28)14-6-2-1-3-7-14)23-19-22-15-8-4-9-17(26(15)24-19)25-13-5-11-21-25/h1-9,11,13H,10,12H2,(H,20,28)(H,23,24,27). The van der Waals surface area contributed by atoms with E-state index < -0.39 is 0 Å². The fourth-order valence-electron chi connectivity index (χ4n) is 2.69. The number of benzene rings is 1. The van der Waals surface area contributed by atoms with Crippen molar-refractivity contribution in [2.75, 3.05) is 11.9 Å². The van der Waals surface area contributed by atoms with Crippen molar-refractivity contribution in [1.82, 2.24) is 29.7 Å². The van der Waals surface area contributed by atoms with E-state index in [0.717, 1.165) is 0 Å². The molecule has 28 heavy (non-hydrogen) atoms. The van der Waals surface area contributed by atoms with E-state index in [2.05, 4.69) is 25.8 Å². The highest BCUT2D eigenvalue weighted by molar-refractivity contribution is 5.95. The molecule has 0 aliphatic rings. The van der Waals surface area contributed by atoms with Crippen LogP contribution in [0.15, 0.2) is 67.0 Å². The lowest BCUT2D eigenvalue weighted by Crippen LogP contribution is -2.27. The Morgan fingerprint density at radius 1 is 1.00 bits per heavy atom. The Balaban J connectivity index is 1.38. The normalized spacial score (nSPS) is 10.7. The Bertz CT molecular complexity index is 1100. The van der Waals surface area contributed by atoms with Crippen molar-refractivity contribution in [3.8, 4) is 5.82 Å². The van der Waals surface area contributed by atoms with Crippen molar-refractivity contribution in [3.05, 3.63) is 72.6 Å². The minimum absolute atomic E-state index is 0.111. The zero-order valence-electron chi connectivity index (χ0n) is 14.8. The number of nitrogens with zero attached hydrogens (tertiary/aromatic N) is 5. The number of carbonyl (C=O) groups is 2. The van der Waals surface area contributed by atoms with Gasteiger partial charge in [0.05, 0.1) is 0 Å². The molecular weight excluding hydrogens is 358 g/mol. The van der Waals surface area contributed by atoms with E-state index in [1.54, 1.807) is 51.9 Å². The lowest BCUT2D eigenvalue weighted by Gasteiger charge is -2.05. The molecule has 140 valence electrons. The Hall–Kier alpha value is -4.01. The van der Waals surface area contributed by atoms with E-state index in [4.69, 9.17) is 0 Å². The molecule has 0 unspecified atom stereocenters. The summed E-state index contributed by atoms with van der Waals surface area (Å²) in [6.07, 6.45) is 3.58. The average Bonchev–Trinajstić information content (AvgIpc) is 3.37. The van der Waals surface area contributed by atoms with Gasteiger partial charge in [-0.05, 0) is 30.3 Å². The highest BCUT2D eigenvalue weighted by Crippen LogP contribution is 2.12. The molecule has 0 radical (unpaired) electrons. The molecule has 4 rings (SSSR count). The molecule has 2 N–H and O–H groups in total. The minimum atomic E-state index is -0.287. The fourth-order valence-corrected chi connectivity index (χ4v) is 2.69. The molecule has 0 saturated heterocycles. The molecule has 3 heterocycles. The van der Waals surface area contributed by atoms with Gasteiger partial charge in [0.15, 0.2) is 11.5 Å². The maximum atomic E-state index is 12.2. The summed E-state index contributed by atoms with van der Waals surface area (Å²) >= 11 is 0. The highest BCUT2D eigenvalue weighted by Gasteiger charge is 2.12. The number of aromatic nitrogens is 5. The van der Waals surface area contributed by atoms with Crippen LogP contribution in [0.3, 0.4) is 0 Å². The molecule has 0 bridgehead atoms. The van der Waals surface area contributed by atoms with Crippen LogP contribution in [0.2, 0.25) is 0 Å². The van der Waals surface area contributed by atoms with E-state index in [0.29, 0.717) is 17.0 Å². The second-order valence-corrected chi connectivity index (χ2v) is 5.96. The van der Waals surface area contributed by atoms with Crippen molar-refractivity contribution in [3.63, 3.8) is 0 Å². The molecule has 9 heteroatoms. The van der Waals surface area contributed by atoms with Crippen molar-refractivity contribution < 1.29 is 9.59 Å². The number of anilines is 1. The van der Waals surface area contributed by atoms with E-state index in [9.17, 15) is 9.59 Å². The van der Waals surface area contributed by atoms with Gasteiger partial charge in [0.25, 0.3) is 5.91 Å². The molecule has 0 saturated carbocycles. The average molecular weight is 375 g/mol. The molecule has 3 aromatic heterocycles. The Kier molecular flexibility index (Phi) is 4.79. The Labute approximate surface area is 160 Å². The first-order valence-electron chi connectivity index (χ1n) is 8.69. The lowest BCUT2D eigenvalue weighted by atomic mass is 10.2. The fraction of sp³-hybridized carbons (Fsp3) is 0.105. The van der Waals surface area contributed by atoms with Crippen molar-refractivity contribution in [2.24, 2.45) is 0 Å². The number of rotatable bonds is 6. The number of nitrogens with one attached hydrogen (secondary N) is 2. The van der Waals surface area contributed by atoms with E-state index >= 15 is 0 Å². The predicted octanol–water partition coefficient (Wildman–Crippen LogP) is 1.67. The number of hydrogen-bond donors (Lipinski definition) is 2. The van der Waals surface area contributed by atoms with Gasteiger partial charge in [-0.2, -0.15) is 14.6 Å². The van der Waals surface area contributed by atoms with Gasteiger partial charge in [0.2, 0.25) is 11.9 Å². The zero-order valence-corrected chi connectivity index (χ0v) is 14.8. The molecule has 4 aromatic rings. The van der Waals surface area contributed by atoms with Crippen molar-refractivity contribution in [1.29, 1.82) is 0 Å². The Morgan fingerprint density at radius 2 is 1.86 bits per heavy atom. The number of hydrogen-bond acceptors (Lipinski definition) is 5. The number of amides is 2. The molecule has 2 amide bonds. The first-order valence-corrected chi connectivity index (χ1v) is 8.69. The molecule has 1 aromatic carbocycles. The molecule has 0 atom stereocenters. The van der Waals surface area contributed by atoms with Gasteiger partial charge in [0, 0.05) is 30.9 Å². The van der Waals surface area contributed by atoms with Crippen LogP contribution in [0.1, 0.15) is 16.8 Å². The quantitative estimate of drug-likeness (QED) is 0.533. The third-order valence-corrected chi connectivity index (χ3v) is 4.00. The second-order valence-electron chi connectivity index (χ2n) is 5.96. The van der Waals surface area contributed by atoms with Crippen LogP contribution in [0, 0.1) is 0 Å². The van der Waals surface area contributed by atoms with Gasteiger partial charge in [-0.15, -0.1) is 5.10 Å². The summed E-state index contributed by atoms with van der Waals surface area (Å²) in [7, 11) is 0. The smallest absolute Gasteiger partial charge is 0.251 e. The number of pyridine rings is 1. The van der Waals surface area contributed by atoms with Gasteiger partial charge >= 0.3 is 0 Å². The van der Waals surface area contributed by atoms with Gasteiger partial charge < -0.3 is 5.32 Å². The third-order valence-electron chi connectivity index (χ3n) is 4.00. The minimum Gasteiger partial charge on any atom is -0.352 e.